The van der Waals surface area contributed by atoms with Crippen LogP contribution < -0.4 is 20.8 Å². The van der Waals surface area contributed by atoms with Crippen LogP contribution in [0.15, 0.2) is 59.7 Å². The third-order valence-corrected chi connectivity index (χ3v) is 4.66. The molecular weight excluding hydrogens is 380 g/mol. The molecule has 1 saturated heterocycles. The number of thioether (sulfide) groups is 1. The van der Waals surface area contributed by atoms with E-state index in [2.05, 4.69) is 21.2 Å². The van der Waals surface area contributed by atoms with Crippen molar-refractivity contribution >= 4 is 40.3 Å². The van der Waals surface area contributed by atoms with Crippen LogP contribution in [-0.4, -0.2) is 28.1 Å². The van der Waals surface area contributed by atoms with Gasteiger partial charge in [-0.05, 0) is 36.4 Å². The summed E-state index contributed by atoms with van der Waals surface area (Å²) in [6.07, 6.45) is -0.0160. The Morgan fingerprint density at radius 2 is 1.79 bits per heavy atom. The minimum absolute atomic E-state index is 0.0160. The zero-order valence-electron chi connectivity index (χ0n) is 15.0. The van der Waals surface area contributed by atoms with Crippen LogP contribution in [0.2, 0.25) is 0 Å². The summed E-state index contributed by atoms with van der Waals surface area (Å²) in [7, 11) is 0. The standard InChI is InChI=1S/C19H18N4O4S/c1-12(24)22-23-19-21-18(26)16(28-19)11-17(25)20-13-7-9-15(10-8-13)27-14-5-3-2-4-6-14/h2-10,16H,11H2,1H3,(H,20,25)(H,22,24)(H,21,23,26)/t16-/m1/s1. The molecule has 1 heterocycles. The van der Waals surface area contributed by atoms with Gasteiger partial charge in [-0.25, -0.2) is 5.43 Å². The number of rotatable bonds is 6. The summed E-state index contributed by atoms with van der Waals surface area (Å²) in [5.74, 6) is 0.401. The summed E-state index contributed by atoms with van der Waals surface area (Å²) in [5.41, 5.74) is 2.84. The first-order valence-electron chi connectivity index (χ1n) is 8.44. The number of para-hydroxylation sites is 1. The molecule has 9 heteroatoms. The smallest absolute Gasteiger partial charge is 0.240 e. The van der Waals surface area contributed by atoms with Crippen molar-refractivity contribution in [1.29, 1.82) is 0 Å². The van der Waals surface area contributed by atoms with Gasteiger partial charge < -0.3 is 15.4 Å². The van der Waals surface area contributed by atoms with Crippen LogP contribution in [0.25, 0.3) is 0 Å². The van der Waals surface area contributed by atoms with Gasteiger partial charge in [-0.15, -0.1) is 5.10 Å². The van der Waals surface area contributed by atoms with Crippen molar-refractivity contribution < 1.29 is 19.1 Å². The fraction of sp³-hybridized carbons (Fsp3) is 0.158. The second kappa shape index (κ2) is 9.05. The van der Waals surface area contributed by atoms with E-state index in [1.165, 1.54) is 6.92 Å². The molecule has 2 aromatic carbocycles. The van der Waals surface area contributed by atoms with E-state index < -0.39 is 5.25 Å². The maximum Gasteiger partial charge on any atom is 0.240 e. The first kappa shape index (κ1) is 19.4. The number of hydrogen-bond donors (Lipinski definition) is 3. The summed E-state index contributed by atoms with van der Waals surface area (Å²) in [5, 5.41) is 8.69. The molecule has 3 N–H and O–H groups in total. The molecule has 1 fully saturated rings. The van der Waals surface area contributed by atoms with E-state index in [0.717, 1.165) is 17.5 Å². The third kappa shape index (κ3) is 5.58. The monoisotopic (exact) mass is 398 g/mol. The molecule has 1 aliphatic rings. The zero-order valence-corrected chi connectivity index (χ0v) is 15.8. The van der Waals surface area contributed by atoms with E-state index >= 15 is 0 Å². The fourth-order valence-corrected chi connectivity index (χ4v) is 3.26. The molecule has 0 aromatic heterocycles. The molecule has 0 unspecified atom stereocenters. The Bertz CT molecular complexity index is 900. The number of carbonyl (C=O) groups is 3. The molecule has 1 aliphatic heterocycles. The molecule has 144 valence electrons. The van der Waals surface area contributed by atoms with Crippen LogP contribution in [0, 0.1) is 0 Å². The van der Waals surface area contributed by atoms with Crippen LogP contribution in [-0.2, 0) is 14.4 Å². The second-order valence-electron chi connectivity index (χ2n) is 5.87. The van der Waals surface area contributed by atoms with Crippen LogP contribution in [0.5, 0.6) is 11.5 Å². The van der Waals surface area contributed by atoms with Gasteiger partial charge in [0, 0.05) is 19.0 Å². The highest BCUT2D eigenvalue weighted by Crippen LogP contribution is 2.24. The molecular formula is C19H18N4O4S. The van der Waals surface area contributed by atoms with Crippen molar-refractivity contribution in [3.63, 3.8) is 0 Å². The van der Waals surface area contributed by atoms with Crippen molar-refractivity contribution in [2.45, 2.75) is 18.6 Å². The first-order valence-corrected chi connectivity index (χ1v) is 9.32. The lowest BCUT2D eigenvalue weighted by molar-refractivity contribution is -0.122. The van der Waals surface area contributed by atoms with Gasteiger partial charge in [0.15, 0.2) is 5.17 Å². The molecule has 3 rings (SSSR count). The maximum absolute atomic E-state index is 12.2. The lowest BCUT2D eigenvalue weighted by atomic mass is 10.2. The molecule has 0 bridgehead atoms. The summed E-state index contributed by atoms with van der Waals surface area (Å²) < 4.78 is 5.70. The van der Waals surface area contributed by atoms with Crippen LogP contribution >= 0.6 is 11.8 Å². The number of nitrogens with zero attached hydrogens (tertiary/aromatic N) is 1. The quantitative estimate of drug-likeness (QED) is 0.648. The molecule has 1 atom stereocenters. The van der Waals surface area contributed by atoms with Crippen molar-refractivity contribution in [2.75, 3.05) is 5.32 Å². The summed E-state index contributed by atoms with van der Waals surface area (Å²) in [6.45, 7) is 1.31. The van der Waals surface area contributed by atoms with Gasteiger partial charge in [0.25, 0.3) is 0 Å². The molecule has 0 saturated carbocycles. The van der Waals surface area contributed by atoms with Gasteiger partial charge in [-0.1, -0.05) is 30.0 Å². The lowest BCUT2D eigenvalue weighted by Gasteiger charge is -2.09. The molecule has 0 aliphatic carbocycles. The van der Waals surface area contributed by atoms with E-state index in [0.29, 0.717) is 11.4 Å². The Morgan fingerprint density at radius 3 is 2.46 bits per heavy atom. The van der Waals surface area contributed by atoms with Crippen molar-refractivity contribution in [3.8, 4) is 11.5 Å². The van der Waals surface area contributed by atoms with Gasteiger partial charge in [0.05, 0.1) is 0 Å². The molecule has 8 nitrogen and oxygen atoms in total. The predicted molar refractivity (Wildman–Crippen MR) is 107 cm³/mol. The van der Waals surface area contributed by atoms with Gasteiger partial charge >= 0.3 is 0 Å². The van der Waals surface area contributed by atoms with E-state index in [1.54, 1.807) is 24.3 Å². The Labute approximate surface area is 165 Å². The van der Waals surface area contributed by atoms with Crippen molar-refractivity contribution in [3.05, 3.63) is 54.6 Å². The number of hydrogen-bond acceptors (Lipinski definition) is 6. The van der Waals surface area contributed by atoms with E-state index in [4.69, 9.17) is 4.74 Å². The summed E-state index contributed by atoms with van der Waals surface area (Å²) in [6, 6.07) is 16.3. The van der Waals surface area contributed by atoms with Gasteiger partial charge in [0.1, 0.15) is 16.7 Å². The van der Waals surface area contributed by atoms with Gasteiger partial charge in [-0.3, -0.25) is 14.4 Å². The lowest BCUT2D eigenvalue weighted by Crippen LogP contribution is -2.28. The molecule has 0 spiro atoms. The molecule has 0 radical (unpaired) electrons. The zero-order chi connectivity index (χ0) is 19.9. The average Bonchev–Trinajstić information content (AvgIpc) is 3.02. The van der Waals surface area contributed by atoms with Crippen LogP contribution in [0.3, 0.4) is 0 Å². The van der Waals surface area contributed by atoms with E-state index in [9.17, 15) is 14.4 Å². The highest BCUT2D eigenvalue weighted by molar-refractivity contribution is 8.15. The SMILES string of the molecule is CC(=O)N/N=C1\NC(=O)[C@@H](CC(=O)Nc2ccc(Oc3ccccc3)cc2)S1. The normalized spacial score (nSPS) is 17.1. The molecule has 28 heavy (non-hydrogen) atoms. The molecule has 2 aromatic rings. The van der Waals surface area contributed by atoms with Crippen LogP contribution in [0.4, 0.5) is 5.69 Å². The number of amides is 3. The predicted octanol–water partition coefficient (Wildman–Crippen LogP) is 2.45. The largest absolute Gasteiger partial charge is 0.457 e. The third-order valence-electron chi connectivity index (χ3n) is 3.58. The van der Waals surface area contributed by atoms with Crippen molar-refractivity contribution in [2.24, 2.45) is 5.10 Å². The number of hydrazone groups is 1. The number of anilines is 1. The topological polar surface area (TPSA) is 109 Å². The molecule has 3 amide bonds. The highest BCUT2D eigenvalue weighted by Gasteiger charge is 2.32. The van der Waals surface area contributed by atoms with E-state index in [1.807, 2.05) is 30.3 Å². The summed E-state index contributed by atoms with van der Waals surface area (Å²) in [4.78, 5) is 35.0. The Hall–Kier alpha value is -3.33. The van der Waals surface area contributed by atoms with Crippen molar-refractivity contribution in [1.82, 2.24) is 10.7 Å². The number of amidine groups is 1. The number of benzene rings is 2. The second-order valence-corrected chi connectivity index (χ2v) is 7.06. The Kier molecular flexibility index (Phi) is 6.28. The average molecular weight is 398 g/mol. The van der Waals surface area contributed by atoms with Gasteiger partial charge in [0.2, 0.25) is 17.7 Å². The minimum atomic E-state index is -0.604. The van der Waals surface area contributed by atoms with Crippen LogP contribution in [0.1, 0.15) is 13.3 Å². The fourth-order valence-electron chi connectivity index (χ4n) is 2.33. The minimum Gasteiger partial charge on any atom is -0.457 e. The Morgan fingerprint density at radius 1 is 1.11 bits per heavy atom. The number of nitrogens with one attached hydrogen (secondary N) is 3. The van der Waals surface area contributed by atoms with Gasteiger partial charge in [-0.2, -0.15) is 0 Å². The number of ether oxygens (including phenoxy) is 1. The van der Waals surface area contributed by atoms with E-state index in [-0.39, 0.29) is 29.3 Å². The highest BCUT2D eigenvalue weighted by atomic mass is 32.2. The summed E-state index contributed by atoms with van der Waals surface area (Å²) >= 11 is 1.10. The maximum atomic E-state index is 12.2. The Balaban J connectivity index is 1.51. The first-order chi connectivity index (χ1) is 13.5. The number of carbonyl (C=O) groups excluding carboxylic acids is 3.